The van der Waals surface area contributed by atoms with Crippen LogP contribution in [-0.4, -0.2) is 16.4 Å². The van der Waals surface area contributed by atoms with Crippen molar-refractivity contribution >= 4 is 11.6 Å². The van der Waals surface area contributed by atoms with E-state index in [1.165, 1.54) is 11.1 Å². The summed E-state index contributed by atoms with van der Waals surface area (Å²) in [7, 11) is 0. The van der Waals surface area contributed by atoms with Gasteiger partial charge >= 0.3 is 0 Å². The van der Waals surface area contributed by atoms with Crippen molar-refractivity contribution in [2.45, 2.75) is 12.5 Å². The van der Waals surface area contributed by atoms with Gasteiger partial charge in [0.05, 0.1) is 0 Å². The molecule has 2 nitrogen and oxygen atoms in total. The zero-order chi connectivity index (χ0) is 14.8. The SMILES string of the molecule is C=CC(=C)N1Cc2cc(Cl)ccc2C(c2ccccn2)C1. The zero-order valence-electron chi connectivity index (χ0n) is 11.8. The molecule has 0 saturated heterocycles. The van der Waals surface area contributed by atoms with Gasteiger partial charge in [-0.05, 0) is 41.5 Å². The Labute approximate surface area is 130 Å². The van der Waals surface area contributed by atoms with Gasteiger partial charge in [0, 0.05) is 41.6 Å². The maximum absolute atomic E-state index is 6.15. The van der Waals surface area contributed by atoms with Crippen molar-refractivity contribution in [2.24, 2.45) is 0 Å². The number of rotatable bonds is 3. The summed E-state index contributed by atoms with van der Waals surface area (Å²) in [4.78, 5) is 6.76. The maximum atomic E-state index is 6.15. The smallest absolute Gasteiger partial charge is 0.0496 e. The highest BCUT2D eigenvalue weighted by Crippen LogP contribution is 2.35. The fraction of sp³-hybridized carbons (Fsp3) is 0.167. The first-order valence-electron chi connectivity index (χ1n) is 6.94. The third-order valence-electron chi connectivity index (χ3n) is 3.93. The van der Waals surface area contributed by atoms with Crippen LogP contribution in [0.4, 0.5) is 0 Å². The molecule has 1 unspecified atom stereocenters. The van der Waals surface area contributed by atoms with Crippen molar-refractivity contribution in [3.63, 3.8) is 0 Å². The maximum Gasteiger partial charge on any atom is 0.0496 e. The lowest BCUT2D eigenvalue weighted by molar-refractivity contribution is 0.312. The molecule has 3 heteroatoms. The Morgan fingerprint density at radius 2 is 2.19 bits per heavy atom. The second-order valence-corrected chi connectivity index (χ2v) is 5.66. The normalized spacial score (nSPS) is 17.2. The largest absolute Gasteiger partial charge is 0.367 e. The van der Waals surface area contributed by atoms with Crippen molar-refractivity contribution in [3.05, 3.63) is 89.4 Å². The Hall–Kier alpha value is -2.06. The lowest BCUT2D eigenvalue weighted by Gasteiger charge is -2.36. The van der Waals surface area contributed by atoms with E-state index in [2.05, 4.69) is 35.2 Å². The number of benzene rings is 1. The minimum Gasteiger partial charge on any atom is -0.367 e. The van der Waals surface area contributed by atoms with Gasteiger partial charge in [-0.2, -0.15) is 0 Å². The molecule has 106 valence electrons. The molecule has 1 aromatic carbocycles. The highest BCUT2D eigenvalue weighted by Gasteiger charge is 2.27. The van der Waals surface area contributed by atoms with Crippen LogP contribution in [0.2, 0.25) is 5.02 Å². The molecule has 0 spiro atoms. The van der Waals surface area contributed by atoms with Gasteiger partial charge in [0.15, 0.2) is 0 Å². The van der Waals surface area contributed by atoms with E-state index in [0.717, 1.165) is 29.5 Å². The van der Waals surface area contributed by atoms with Crippen LogP contribution < -0.4 is 0 Å². The van der Waals surface area contributed by atoms with Crippen molar-refractivity contribution in [1.29, 1.82) is 0 Å². The topological polar surface area (TPSA) is 16.1 Å². The van der Waals surface area contributed by atoms with E-state index in [1.54, 1.807) is 6.08 Å². The fourth-order valence-electron chi connectivity index (χ4n) is 2.82. The van der Waals surface area contributed by atoms with Crippen molar-refractivity contribution in [2.75, 3.05) is 6.54 Å². The standard InChI is InChI=1S/C18H17ClN2/c1-3-13(2)21-11-14-10-15(19)7-8-16(14)17(12-21)18-6-4-5-9-20-18/h3-10,17H,1-2,11-12H2. The van der Waals surface area contributed by atoms with E-state index >= 15 is 0 Å². The number of allylic oxidation sites excluding steroid dienone is 1. The van der Waals surface area contributed by atoms with Crippen molar-refractivity contribution in [1.82, 2.24) is 9.88 Å². The molecule has 1 aliphatic heterocycles. The van der Waals surface area contributed by atoms with E-state index in [1.807, 2.05) is 30.5 Å². The predicted octanol–water partition coefficient (Wildman–Crippen LogP) is 4.38. The minimum atomic E-state index is 0.226. The third-order valence-corrected chi connectivity index (χ3v) is 4.17. The summed E-state index contributed by atoms with van der Waals surface area (Å²) >= 11 is 6.15. The first-order chi connectivity index (χ1) is 10.2. The van der Waals surface area contributed by atoms with Crippen LogP contribution in [-0.2, 0) is 6.54 Å². The second kappa shape index (κ2) is 5.74. The Morgan fingerprint density at radius 3 is 2.90 bits per heavy atom. The molecule has 0 fully saturated rings. The van der Waals surface area contributed by atoms with Crippen molar-refractivity contribution < 1.29 is 0 Å². The molecule has 21 heavy (non-hydrogen) atoms. The number of hydrogen-bond donors (Lipinski definition) is 0. The highest BCUT2D eigenvalue weighted by molar-refractivity contribution is 6.30. The van der Waals surface area contributed by atoms with Crippen LogP contribution in [0, 0.1) is 0 Å². The quantitative estimate of drug-likeness (QED) is 0.781. The molecule has 0 bridgehead atoms. The molecular weight excluding hydrogens is 280 g/mol. The molecule has 0 radical (unpaired) electrons. The van der Waals surface area contributed by atoms with E-state index in [4.69, 9.17) is 11.6 Å². The van der Waals surface area contributed by atoms with Crippen LogP contribution in [0.15, 0.2) is 67.5 Å². The van der Waals surface area contributed by atoms with Crippen molar-refractivity contribution in [3.8, 4) is 0 Å². The number of aromatic nitrogens is 1. The molecule has 1 aliphatic rings. The number of hydrogen-bond acceptors (Lipinski definition) is 2. The predicted molar refractivity (Wildman–Crippen MR) is 87.3 cm³/mol. The number of halogens is 1. The van der Waals surface area contributed by atoms with Gasteiger partial charge in [0.2, 0.25) is 0 Å². The van der Waals surface area contributed by atoms with Gasteiger partial charge in [-0.3, -0.25) is 4.98 Å². The molecule has 0 amide bonds. The summed E-state index contributed by atoms with van der Waals surface area (Å²) in [6.45, 7) is 9.57. The average molecular weight is 297 g/mol. The molecule has 2 heterocycles. The molecule has 2 aromatic rings. The number of fused-ring (bicyclic) bond motifs is 1. The lowest BCUT2D eigenvalue weighted by atomic mass is 9.87. The number of pyridine rings is 1. The number of nitrogens with zero attached hydrogens (tertiary/aromatic N) is 2. The fourth-order valence-corrected chi connectivity index (χ4v) is 3.02. The Bertz CT molecular complexity index is 679. The van der Waals surface area contributed by atoms with Crippen LogP contribution in [0.5, 0.6) is 0 Å². The second-order valence-electron chi connectivity index (χ2n) is 5.23. The Balaban J connectivity index is 2.07. The molecule has 0 aliphatic carbocycles. The van der Waals surface area contributed by atoms with Crippen LogP contribution in [0.3, 0.4) is 0 Å². The van der Waals surface area contributed by atoms with Gasteiger partial charge in [0.1, 0.15) is 0 Å². The molecule has 1 aromatic heterocycles. The first kappa shape index (κ1) is 13.9. The monoisotopic (exact) mass is 296 g/mol. The summed E-state index contributed by atoms with van der Waals surface area (Å²) in [5.41, 5.74) is 4.53. The highest BCUT2D eigenvalue weighted by atomic mass is 35.5. The Kier molecular flexibility index (Phi) is 3.80. The summed E-state index contributed by atoms with van der Waals surface area (Å²) < 4.78 is 0. The summed E-state index contributed by atoms with van der Waals surface area (Å²) in [6.07, 6.45) is 3.64. The lowest BCUT2D eigenvalue weighted by Crippen LogP contribution is -2.33. The third kappa shape index (κ3) is 2.72. The Morgan fingerprint density at radius 1 is 1.33 bits per heavy atom. The first-order valence-corrected chi connectivity index (χ1v) is 7.32. The van der Waals surface area contributed by atoms with E-state index in [9.17, 15) is 0 Å². The van der Waals surface area contributed by atoms with Gasteiger partial charge in [-0.1, -0.05) is 36.9 Å². The van der Waals surface area contributed by atoms with E-state index in [-0.39, 0.29) is 5.92 Å². The minimum absolute atomic E-state index is 0.226. The zero-order valence-corrected chi connectivity index (χ0v) is 12.6. The van der Waals surface area contributed by atoms with Crippen LogP contribution >= 0.6 is 11.6 Å². The molecule has 3 rings (SSSR count). The molecule has 1 atom stereocenters. The summed E-state index contributed by atoms with van der Waals surface area (Å²) in [5, 5.41) is 0.764. The van der Waals surface area contributed by atoms with Gasteiger partial charge in [-0.25, -0.2) is 0 Å². The van der Waals surface area contributed by atoms with E-state index < -0.39 is 0 Å². The molecular formula is C18H17ClN2. The molecule has 0 saturated carbocycles. The van der Waals surface area contributed by atoms with Gasteiger partial charge in [0.25, 0.3) is 0 Å². The van der Waals surface area contributed by atoms with Gasteiger partial charge in [-0.15, -0.1) is 0 Å². The summed E-state index contributed by atoms with van der Waals surface area (Å²) in [6, 6.07) is 12.1. The van der Waals surface area contributed by atoms with Crippen LogP contribution in [0.25, 0.3) is 0 Å². The van der Waals surface area contributed by atoms with Crippen LogP contribution in [0.1, 0.15) is 22.7 Å². The van der Waals surface area contributed by atoms with Gasteiger partial charge < -0.3 is 4.90 Å². The average Bonchev–Trinajstić information content (AvgIpc) is 2.53. The molecule has 0 N–H and O–H groups in total. The summed E-state index contributed by atoms with van der Waals surface area (Å²) in [5.74, 6) is 0.226. The van der Waals surface area contributed by atoms with E-state index in [0.29, 0.717) is 0 Å².